The van der Waals surface area contributed by atoms with E-state index in [0.29, 0.717) is 6.54 Å². The van der Waals surface area contributed by atoms with Crippen molar-refractivity contribution in [3.05, 3.63) is 61.3 Å². The first-order valence-electron chi connectivity index (χ1n) is 8.06. The average molecular weight is 380 g/mol. The molecule has 1 atom stereocenters. The van der Waals surface area contributed by atoms with E-state index in [4.69, 9.17) is 11.6 Å². The van der Waals surface area contributed by atoms with Gasteiger partial charge in [0, 0.05) is 23.6 Å². The van der Waals surface area contributed by atoms with Crippen molar-refractivity contribution in [1.29, 1.82) is 0 Å². The number of benzene rings is 1. The van der Waals surface area contributed by atoms with Crippen molar-refractivity contribution in [3.8, 4) is 0 Å². The van der Waals surface area contributed by atoms with Gasteiger partial charge in [-0.2, -0.15) is 0 Å². The molecule has 3 rings (SSSR count). The Morgan fingerprint density at radius 1 is 1.36 bits per heavy atom. The van der Waals surface area contributed by atoms with E-state index in [1.165, 1.54) is 35.9 Å². The first kappa shape index (κ1) is 17.8. The summed E-state index contributed by atoms with van der Waals surface area (Å²) in [6.07, 6.45) is 2.34. The number of nitrogens with zero attached hydrogens (tertiary/aromatic N) is 2. The maximum Gasteiger partial charge on any atom is 0.270 e. The van der Waals surface area contributed by atoms with Crippen molar-refractivity contribution >= 4 is 34.5 Å². The normalized spacial score (nSPS) is 15.9. The lowest BCUT2D eigenvalue weighted by Crippen LogP contribution is -2.36. The van der Waals surface area contributed by atoms with Crippen LogP contribution >= 0.6 is 22.9 Å². The number of carbonyl (C=O) groups excluding carboxylic acids is 1. The molecule has 0 bridgehead atoms. The van der Waals surface area contributed by atoms with E-state index >= 15 is 0 Å². The third-order valence-electron chi connectivity index (χ3n) is 4.32. The molecule has 6 nitrogen and oxygen atoms in total. The standard InChI is InChI=1S/C17H18ClN3O3S/c18-14-10-12(21(23)24)5-6-13(14)17(22)19-11-15(16-4-3-9-25-16)20-7-1-2-8-20/h3-6,9-10,15H,1-2,7-8,11H2,(H,19,22)/t15-/m0/s1. The SMILES string of the molecule is O=C(NC[C@@H](c1cccs1)N1CCCC1)c1ccc([N+](=O)[O-])cc1Cl. The zero-order valence-electron chi connectivity index (χ0n) is 13.5. The zero-order chi connectivity index (χ0) is 17.8. The number of thiophene rings is 1. The Labute approximate surface area is 154 Å². The maximum absolute atomic E-state index is 12.5. The van der Waals surface area contributed by atoms with Gasteiger partial charge in [-0.05, 0) is 43.4 Å². The van der Waals surface area contributed by atoms with Crippen LogP contribution in [0.3, 0.4) is 0 Å². The van der Waals surface area contributed by atoms with Gasteiger partial charge in [0.15, 0.2) is 0 Å². The van der Waals surface area contributed by atoms with E-state index in [2.05, 4.69) is 16.3 Å². The second kappa shape index (κ2) is 7.95. The lowest BCUT2D eigenvalue weighted by Gasteiger charge is -2.27. The summed E-state index contributed by atoms with van der Waals surface area (Å²) in [6, 6.07) is 8.12. The number of carbonyl (C=O) groups is 1. The van der Waals surface area contributed by atoms with Crippen molar-refractivity contribution in [3.63, 3.8) is 0 Å². The Hall–Kier alpha value is -1.96. The third kappa shape index (κ3) is 4.18. The highest BCUT2D eigenvalue weighted by Gasteiger charge is 2.25. The largest absolute Gasteiger partial charge is 0.350 e. The van der Waals surface area contributed by atoms with Gasteiger partial charge in [-0.15, -0.1) is 11.3 Å². The predicted molar refractivity (Wildman–Crippen MR) is 98.3 cm³/mol. The van der Waals surface area contributed by atoms with Gasteiger partial charge in [-0.25, -0.2) is 0 Å². The summed E-state index contributed by atoms with van der Waals surface area (Å²) >= 11 is 7.72. The number of nitro benzene ring substituents is 1. The van der Waals surface area contributed by atoms with Gasteiger partial charge in [-0.3, -0.25) is 19.8 Å². The number of nitro groups is 1. The number of amides is 1. The fraction of sp³-hybridized carbons (Fsp3) is 0.353. The molecule has 1 aromatic heterocycles. The molecule has 1 N–H and O–H groups in total. The number of hydrogen-bond donors (Lipinski definition) is 1. The smallest absolute Gasteiger partial charge is 0.270 e. The predicted octanol–water partition coefficient (Wildman–Crippen LogP) is 3.88. The van der Waals surface area contributed by atoms with Gasteiger partial charge in [0.25, 0.3) is 11.6 Å². The summed E-state index contributed by atoms with van der Waals surface area (Å²) in [7, 11) is 0. The Morgan fingerprint density at radius 2 is 2.12 bits per heavy atom. The molecule has 1 aromatic carbocycles. The fourth-order valence-corrected chi connectivity index (χ4v) is 4.15. The van der Waals surface area contributed by atoms with E-state index in [-0.39, 0.29) is 28.2 Å². The van der Waals surface area contributed by atoms with Gasteiger partial charge in [0.1, 0.15) is 0 Å². The highest BCUT2D eigenvalue weighted by molar-refractivity contribution is 7.10. The summed E-state index contributed by atoms with van der Waals surface area (Å²) in [4.78, 5) is 26.3. The first-order chi connectivity index (χ1) is 12.1. The molecule has 1 saturated heterocycles. The van der Waals surface area contributed by atoms with Crippen LogP contribution in [0.5, 0.6) is 0 Å². The van der Waals surface area contributed by atoms with Gasteiger partial charge < -0.3 is 5.32 Å². The first-order valence-corrected chi connectivity index (χ1v) is 9.31. The zero-order valence-corrected chi connectivity index (χ0v) is 15.1. The molecule has 25 heavy (non-hydrogen) atoms. The second-order valence-electron chi connectivity index (χ2n) is 5.91. The van der Waals surface area contributed by atoms with Gasteiger partial charge in [0.05, 0.1) is 21.6 Å². The van der Waals surface area contributed by atoms with Crippen molar-refractivity contribution in [1.82, 2.24) is 10.2 Å². The van der Waals surface area contributed by atoms with Crippen molar-refractivity contribution in [2.75, 3.05) is 19.6 Å². The van der Waals surface area contributed by atoms with Crippen LogP contribution < -0.4 is 5.32 Å². The van der Waals surface area contributed by atoms with Crippen LogP contribution in [0.1, 0.15) is 34.1 Å². The molecule has 132 valence electrons. The minimum Gasteiger partial charge on any atom is -0.350 e. The van der Waals surface area contributed by atoms with Crippen molar-refractivity contribution in [2.45, 2.75) is 18.9 Å². The molecule has 1 amide bonds. The number of non-ortho nitro benzene ring substituents is 1. The van der Waals surface area contributed by atoms with Crippen LogP contribution in [0.2, 0.25) is 5.02 Å². The Balaban J connectivity index is 1.70. The quantitative estimate of drug-likeness (QED) is 0.610. The molecule has 2 aromatic rings. The number of nitrogens with one attached hydrogen (secondary N) is 1. The molecule has 0 unspecified atom stereocenters. The van der Waals surface area contributed by atoms with E-state index in [0.717, 1.165) is 13.1 Å². The minimum atomic E-state index is -0.534. The highest BCUT2D eigenvalue weighted by Crippen LogP contribution is 2.28. The fourth-order valence-electron chi connectivity index (χ4n) is 3.03. The molecule has 0 radical (unpaired) electrons. The Morgan fingerprint density at radius 3 is 2.72 bits per heavy atom. The number of halogens is 1. The average Bonchev–Trinajstić information content (AvgIpc) is 3.28. The van der Waals surface area contributed by atoms with E-state index in [9.17, 15) is 14.9 Å². The van der Waals surface area contributed by atoms with Crippen molar-refractivity contribution < 1.29 is 9.72 Å². The highest BCUT2D eigenvalue weighted by atomic mass is 35.5. The van der Waals surface area contributed by atoms with E-state index in [1.807, 2.05) is 11.4 Å². The summed E-state index contributed by atoms with van der Waals surface area (Å²) in [5, 5.41) is 15.8. The summed E-state index contributed by atoms with van der Waals surface area (Å²) in [5.74, 6) is -0.319. The van der Waals surface area contributed by atoms with Crippen LogP contribution in [0.25, 0.3) is 0 Å². The van der Waals surface area contributed by atoms with Crippen LogP contribution in [-0.2, 0) is 0 Å². The molecular weight excluding hydrogens is 362 g/mol. The number of likely N-dealkylation sites (tertiary alicyclic amines) is 1. The van der Waals surface area contributed by atoms with Gasteiger partial charge >= 0.3 is 0 Å². The summed E-state index contributed by atoms with van der Waals surface area (Å²) in [5.41, 5.74) is 0.119. The minimum absolute atomic E-state index is 0.0838. The lowest BCUT2D eigenvalue weighted by molar-refractivity contribution is -0.384. The summed E-state index contributed by atoms with van der Waals surface area (Å²) in [6.45, 7) is 2.53. The molecular formula is C17H18ClN3O3S. The van der Waals surface area contributed by atoms with Crippen LogP contribution in [-0.4, -0.2) is 35.4 Å². The Bertz CT molecular complexity index is 761. The topological polar surface area (TPSA) is 75.5 Å². The monoisotopic (exact) mass is 379 g/mol. The molecule has 1 aliphatic rings. The molecule has 0 saturated carbocycles. The van der Waals surface area contributed by atoms with Gasteiger partial charge in [-0.1, -0.05) is 17.7 Å². The molecule has 2 heterocycles. The second-order valence-corrected chi connectivity index (χ2v) is 7.29. The number of rotatable bonds is 6. The maximum atomic E-state index is 12.5. The molecule has 8 heteroatoms. The molecule has 0 aliphatic carbocycles. The molecule has 1 fully saturated rings. The van der Waals surface area contributed by atoms with Crippen LogP contribution in [0.15, 0.2) is 35.7 Å². The van der Waals surface area contributed by atoms with Crippen LogP contribution in [0, 0.1) is 10.1 Å². The third-order valence-corrected chi connectivity index (χ3v) is 5.60. The van der Waals surface area contributed by atoms with Crippen molar-refractivity contribution in [2.24, 2.45) is 0 Å². The van der Waals surface area contributed by atoms with Crippen LogP contribution in [0.4, 0.5) is 5.69 Å². The van der Waals surface area contributed by atoms with E-state index in [1.54, 1.807) is 11.3 Å². The molecule has 1 aliphatic heterocycles. The lowest BCUT2D eigenvalue weighted by atomic mass is 10.1. The van der Waals surface area contributed by atoms with Gasteiger partial charge in [0.2, 0.25) is 0 Å². The molecule has 0 spiro atoms. The Kier molecular flexibility index (Phi) is 5.67. The van der Waals surface area contributed by atoms with E-state index < -0.39 is 4.92 Å². The summed E-state index contributed by atoms with van der Waals surface area (Å²) < 4.78 is 0. The number of hydrogen-bond acceptors (Lipinski definition) is 5.